The molecule has 2 fully saturated rings. The van der Waals surface area contributed by atoms with Gasteiger partial charge in [-0.2, -0.15) is 0 Å². The van der Waals surface area contributed by atoms with E-state index in [1.807, 2.05) is 146 Å². The Morgan fingerprint density at radius 1 is 0.511 bits per heavy atom. The number of fused-ring (bicyclic) bond motifs is 5. The molecule has 4 nitrogen and oxygen atoms in total. The molecule has 218 valence electrons. The minimum absolute atomic E-state index is 0.109. The minimum atomic E-state index is -1.39. The summed E-state index contributed by atoms with van der Waals surface area (Å²) in [6.07, 6.45) is 0.848. The van der Waals surface area contributed by atoms with Crippen LogP contribution >= 0.6 is 0 Å². The molecule has 1 heterocycles. The Kier molecular flexibility index (Phi) is 6.11. The van der Waals surface area contributed by atoms with Crippen molar-refractivity contribution in [3.63, 3.8) is 0 Å². The van der Waals surface area contributed by atoms with E-state index in [1.165, 1.54) is 4.90 Å². The standard InChI is InChI=1S/C41H31NO3/c1-2-27-23-25-32(26-24-27)42-37(43)35-36(38(42)44)41(31-21-13-6-14-22-31)34(29-17-9-4-10-18-29)33(28-15-7-3-8-16-28)40(35,39(41)45)30-19-11-5-12-20-30/h3-26,35-36H,2H2,1H3/t35-,36-,40+,41+/m1/s1. The number of hydrogen-bond acceptors (Lipinski definition) is 3. The number of benzene rings is 5. The van der Waals surface area contributed by atoms with Crippen molar-refractivity contribution in [1.29, 1.82) is 0 Å². The first-order valence-electron chi connectivity index (χ1n) is 15.5. The van der Waals surface area contributed by atoms with Gasteiger partial charge < -0.3 is 0 Å². The average Bonchev–Trinajstić information content (AvgIpc) is 3.62. The molecule has 5 aromatic rings. The van der Waals surface area contributed by atoms with E-state index >= 15 is 4.79 Å². The molecule has 0 unspecified atom stereocenters. The maximum atomic E-state index is 15.8. The highest BCUT2D eigenvalue weighted by atomic mass is 16.2. The smallest absolute Gasteiger partial charge is 0.239 e. The van der Waals surface area contributed by atoms with Crippen LogP contribution < -0.4 is 4.90 Å². The van der Waals surface area contributed by atoms with Crippen LogP contribution in [0, 0.1) is 11.8 Å². The van der Waals surface area contributed by atoms with Gasteiger partial charge in [0, 0.05) is 0 Å². The Morgan fingerprint density at radius 2 is 0.889 bits per heavy atom. The van der Waals surface area contributed by atoms with E-state index in [1.54, 1.807) is 0 Å². The van der Waals surface area contributed by atoms with E-state index in [0.717, 1.165) is 45.4 Å². The first kappa shape index (κ1) is 27.2. The molecule has 45 heavy (non-hydrogen) atoms. The lowest BCUT2D eigenvalue weighted by atomic mass is 9.59. The lowest BCUT2D eigenvalue weighted by Crippen LogP contribution is -2.45. The number of hydrogen-bond donors (Lipinski definition) is 0. The van der Waals surface area contributed by atoms with Crippen molar-refractivity contribution in [2.45, 2.75) is 24.2 Å². The zero-order valence-corrected chi connectivity index (χ0v) is 24.9. The number of ketones is 1. The average molecular weight is 586 g/mol. The van der Waals surface area contributed by atoms with Gasteiger partial charge in [-0.15, -0.1) is 0 Å². The second-order valence-electron chi connectivity index (χ2n) is 12.1. The van der Waals surface area contributed by atoms with Gasteiger partial charge in [0.05, 0.1) is 28.4 Å². The molecule has 4 atom stereocenters. The topological polar surface area (TPSA) is 54.5 Å². The number of anilines is 1. The van der Waals surface area contributed by atoms with Crippen molar-refractivity contribution in [1.82, 2.24) is 0 Å². The summed E-state index contributed by atoms with van der Waals surface area (Å²) in [5.41, 5.74) is 3.70. The van der Waals surface area contributed by atoms with Crippen molar-refractivity contribution >= 4 is 34.4 Å². The maximum Gasteiger partial charge on any atom is 0.239 e. The fourth-order valence-corrected chi connectivity index (χ4v) is 8.47. The van der Waals surface area contributed by atoms with Gasteiger partial charge in [0.15, 0.2) is 5.78 Å². The highest BCUT2D eigenvalue weighted by Gasteiger charge is 2.82. The van der Waals surface area contributed by atoms with Crippen molar-refractivity contribution in [2.75, 3.05) is 4.90 Å². The third kappa shape index (κ3) is 3.45. The molecule has 3 aliphatic rings. The van der Waals surface area contributed by atoms with Gasteiger partial charge in [0.1, 0.15) is 0 Å². The molecule has 0 radical (unpaired) electrons. The molecule has 1 saturated carbocycles. The van der Waals surface area contributed by atoms with Gasteiger partial charge in [0.25, 0.3) is 0 Å². The van der Waals surface area contributed by atoms with Crippen LogP contribution in [0.25, 0.3) is 11.1 Å². The van der Waals surface area contributed by atoms with Crippen molar-refractivity contribution in [3.8, 4) is 0 Å². The number of carbonyl (C=O) groups excluding carboxylic acids is 3. The molecule has 5 aromatic carbocycles. The summed E-state index contributed by atoms with van der Waals surface area (Å²) in [5, 5.41) is 0. The van der Waals surface area contributed by atoms with Crippen LogP contribution in [0.5, 0.6) is 0 Å². The number of aryl methyl sites for hydroxylation is 1. The Morgan fingerprint density at radius 3 is 1.27 bits per heavy atom. The van der Waals surface area contributed by atoms with Crippen molar-refractivity contribution in [2.24, 2.45) is 11.8 Å². The quantitative estimate of drug-likeness (QED) is 0.195. The number of rotatable bonds is 6. The van der Waals surface area contributed by atoms with Crippen LogP contribution in [0.15, 0.2) is 146 Å². The maximum absolute atomic E-state index is 15.8. The van der Waals surface area contributed by atoms with Gasteiger partial charge >= 0.3 is 0 Å². The molecule has 0 aromatic heterocycles. The van der Waals surface area contributed by atoms with E-state index in [2.05, 4.69) is 6.92 Å². The third-order valence-electron chi connectivity index (χ3n) is 10.2. The third-order valence-corrected chi connectivity index (χ3v) is 10.2. The molecule has 2 aliphatic carbocycles. The molecule has 0 N–H and O–H groups in total. The fourth-order valence-electron chi connectivity index (χ4n) is 8.47. The molecular weight excluding hydrogens is 554 g/mol. The Labute approximate surface area is 262 Å². The van der Waals surface area contributed by atoms with E-state index in [0.29, 0.717) is 5.69 Å². The largest absolute Gasteiger partial charge is 0.297 e. The van der Waals surface area contributed by atoms with Crippen LogP contribution in [0.4, 0.5) is 5.69 Å². The molecular formula is C41H31NO3. The first-order valence-corrected chi connectivity index (χ1v) is 15.5. The summed E-state index contributed by atoms with van der Waals surface area (Å²) < 4.78 is 0. The van der Waals surface area contributed by atoms with Gasteiger partial charge in [0.2, 0.25) is 11.8 Å². The van der Waals surface area contributed by atoms with Gasteiger partial charge in [-0.25, -0.2) is 4.90 Å². The molecule has 0 spiro atoms. The van der Waals surface area contributed by atoms with E-state index in [4.69, 9.17) is 0 Å². The fraction of sp³-hybridized carbons (Fsp3) is 0.146. The Bertz CT molecular complexity index is 1860. The molecule has 1 aliphatic heterocycles. The summed E-state index contributed by atoms with van der Waals surface area (Å²) in [7, 11) is 0. The second kappa shape index (κ2) is 10.1. The number of carbonyl (C=O) groups is 3. The van der Waals surface area contributed by atoms with Gasteiger partial charge in [-0.1, -0.05) is 140 Å². The molecule has 8 rings (SSSR count). The first-order chi connectivity index (χ1) is 22.1. The lowest BCUT2D eigenvalue weighted by Gasteiger charge is -2.39. The Hall–Kier alpha value is -5.35. The molecule has 1 saturated heterocycles. The van der Waals surface area contributed by atoms with Crippen LogP contribution in [-0.2, 0) is 31.6 Å². The predicted octanol–water partition coefficient (Wildman–Crippen LogP) is 7.44. The lowest BCUT2D eigenvalue weighted by molar-refractivity contribution is -0.130. The summed E-state index contributed by atoms with van der Waals surface area (Å²) in [6.45, 7) is 2.07. The van der Waals surface area contributed by atoms with Gasteiger partial charge in [-0.3, -0.25) is 14.4 Å². The van der Waals surface area contributed by atoms with E-state index in [-0.39, 0.29) is 17.6 Å². The number of Topliss-reactive ketones (excluding diaryl/α,β-unsaturated/α-hetero) is 1. The summed E-state index contributed by atoms with van der Waals surface area (Å²) in [6, 6.07) is 46.8. The SMILES string of the molecule is CCc1ccc(N2C(=O)[C@H]3[C@H](C2=O)[C@@]2(c4ccccc4)C(=O)[C@@]3(c3ccccc3)C(c3ccccc3)=C2c2ccccc2)cc1. The number of imide groups is 1. The predicted molar refractivity (Wildman–Crippen MR) is 176 cm³/mol. The number of allylic oxidation sites excluding steroid dienone is 2. The van der Waals surface area contributed by atoms with Crippen molar-refractivity contribution in [3.05, 3.63) is 173 Å². The molecule has 2 amide bonds. The summed E-state index contributed by atoms with van der Waals surface area (Å²) in [5.74, 6) is -2.61. The van der Waals surface area contributed by atoms with Crippen LogP contribution in [-0.4, -0.2) is 17.6 Å². The van der Waals surface area contributed by atoms with Crippen LogP contribution in [0.3, 0.4) is 0 Å². The van der Waals surface area contributed by atoms with E-state index < -0.39 is 22.7 Å². The number of amides is 2. The van der Waals surface area contributed by atoms with Crippen LogP contribution in [0.1, 0.15) is 34.7 Å². The zero-order chi connectivity index (χ0) is 30.8. The summed E-state index contributed by atoms with van der Waals surface area (Å²) in [4.78, 5) is 47.2. The Balaban J connectivity index is 1.53. The van der Waals surface area contributed by atoms with E-state index in [9.17, 15) is 9.59 Å². The monoisotopic (exact) mass is 585 g/mol. The highest BCUT2D eigenvalue weighted by molar-refractivity contribution is 6.39. The summed E-state index contributed by atoms with van der Waals surface area (Å²) >= 11 is 0. The van der Waals surface area contributed by atoms with Crippen molar-refractivity contribution < 1.29 is 14.4 Å². The minimum Gasteiger partial charge on any atom is -0.297 e. The molecule has 2 bridgehead atoms. The highest BCUT2D eigenvalue weighted by Crippen LogP contribution is 2.74. The normalized spacial score (nSPS) is 25.3. The zero-order valence-electron chi connectivity index (χ0n) is 24.9. The second-order valence-corrected chi connectivity index (χ2v) is 12.1. The van der Waals surface area contributed by atoms with Crippen LogP contribution in [0.2, 0.25) is 0 Å². The van der Waals surface area contributed by atoms with Gasteiger partial charge in [-0.05, 0) is 57.5 Å². The molecule has 4 heteroatoms. The number of nitrogens with zero attached hydrogens (tertiary/aromatic N) is 1.